The lowest BCUT2D eigenvalue weighted by Gasteiger charge is -2.14. The van der Waals surface area contributed by atoms with Gasteiger partial charge in [-0.2, -0.15) is 0 Å². The SMILES string of the molecule is O=C(O)CC1=Cc2ccccc2C(CCc2ccccc2)N=C1. The first-order valence-corrected chi connectivity index (χ1v) is 7.81. The van der Waals surface area contributed by atoms with Crippen molar-refractivity contribution >= 4 is 18.3 Å². The third-order valence-corrected chi connectivity index (χ3v) is 4.02. The molecule has 0 saturated carbocycles. The lowest BCUT2D eigenvalue weighted by molar-refractivity contribution is -0.136. The molecule has 23 heavy (non-hydrogen) atoms. The first-order valence-electron chi connectivity index (χ1n) is 7.81. The molecular formula is C20H19NO2. The maximum atomic E-state index is 11.0. The molecule has 116 valence electrons. The molecule has 0 spiro atoms. The van der Waals surface area contributed by atoms with Crippen molar-refractivity contribution in [1.29, 1.82) is 0 Å². The Morgan fingerprint density at radius 2 is 1.78 bits per heavy atom. The third kappa shape index (κ3) is 3.95. The van der Waals surface area contributed by atoms with Crippen LogP contribution in [0.1, 0.15) is 35.6 Å². The van der Waals surface area contributed by atoms with Gasteiger partial charge in [-0.1, -0.05) is 54.6 Å². The van der Waals surface area contributed by atoms with Gasteiger partial charge in [-0.15, -0.1) is 0 Å². The number of aliphatic imine (C=N–C) groups is 1. The number of fused-ring (bicyclic) bond motifs is 1. The highest BCUT2D eigenvalue weighted by Crippen LogP contribution is 2.30. The van der Waals surface area contributed by atoms with Crippen LogP contribution < -0.4 is 0 Å². The standard InChI is InChI=1S/C20H19NO2/c22-20(23)13-16-12-17-8-4-5-9-18(17)19(21-14-16)11-10-15-6-2-1-3-7-15/h1-9,12,14,19H,10-11,13H2,(H,22,23). The Bertz CT molecular complexity index is 747. The van der Waals surface area contributed by atoms with Gasteiger partial charge in [-0.25, -0.2) is 0 Å². The highest BCUT2D eigenvalue weighted by atomic mass is 16.4. The fourth-order valence-electron chi connectivity index (χ4n) is 2.90. The van der Waals surface area contributed by atoms with Crippen molar-refractivity contribution in [2.24, 2.45) is 4.99 Å². The van der Waals surface area contributed by atoms with E-state index in [1.165, 1.54) is 11.1 Å². The Morgan fingerprint density at radius 3 is 2.57 bits per heavy atom. The molecule has 0 aromatic heterocycles. The van der Waals surface area contributed by atoms with Crippen LogP contribution in [0.4, 0.5) is 0 Å². The average molecular weight is 305 g/mol. The van der Waals surface area contributed by atoms with Crippen molar-refractivity contribution in [2.45, 2.75) is 25.3 Å². The van der Waals surface area contributed by atoms with Gasteiger partial charge in [0.2, 0.25) is 0 Å². The van der Waals surface area contributed by atoms with Gasteiger partial charge in [0.25, 0.3) is 0 Å². The molecule has 1 N–H and O–H groups in total. The number of benzene rings is 2. The van der Waals surface area contributed by atoms with Crippen LogP contribution in [-0.4, -0.2) is 17.3 Å². The molecule has 1 aliphatic rings. The number of carboxylic acid groups (broad SMARTS) is 1. The predicted octanol–water partition coefficient (Wildman–Crippen LogP) is 4.30. The molecule has 1 unspecified atom stereocenters. The van der Waals surface area contributed by atoms with E-state index in [9.17, 15) is 4.79 Å². The second kappa shape index (κ2) is 7.05. The number of hydrogen-bond acceptors (Lipinski definition) is 2. The van der Waals surface area contributed by atoms with Crippen LogP contribution in [0.3, 0.4) is 0 Å². The summed E-state index contributed by atoms with van der Waals surface area (Å²) >= 11 is 0. The fourth-order valence-corrected chi connectivity index (χ4v) is 2.90. The average Bonchev–Trinajstić information content (AvgIpc) is 2.72. The van der Waals surface area contributed by atoms with E-state index in [0.29, 0.717) is 0 Å². The summed E-state index contributed by atoms with van der Waals surface area (Å²) < 4.78 is 0. The van der Waals surface area contributed by atoms with Gasteiger partial charge in [0.1, 0.15) is 0 Å². The van der Waals surface area contributed by atoms with E-state index in [2.05, 4.69) is 23.2 Å². The van der Waals surface area contributed by atoms with Crippen LogP contribution in [0.25, 0.3) is 6.08 Å². The zero-order valence-corrected chi connectivity index (χ0v) is 12.9. The topological polar surface area (TPSA) is 49.7 Å². The Balaban J connectivity index is 1.83. The van der Waals surface area contributed by atoms with Gasteiger partial charge in [0, 0.05) is 6.21 Å². The van der Waals surface area contributed by atoms with Crippen molar-refractivity contribution in [2.75, 3.05) is 0 Å². The number of carboxylic acids is 1. The maximum Gasteiger partial charge on any atom is 0.307 e. The number of nitrogens with zero attached hydrogens (tertiary/aromatic N) is 1. The first kappa shape index (κ1) is 15.2. The Labute approximate surface area is 136 Å². The highest BCUT2D eigenvalue weighted by molar-refractivity contribution is 5.92. The Hall–Kier alpha value is -2.68. The largest absolute Gasteiger partial charge is 0.481 e. The molecule has 1 aliphatic heterocycles. The van der Waals surface area contributed by atoms with Crippen LogP contribution in [0, 0.1) is 0 Å². The van der Waals surface area contributed by atoms with E-state index in [1.807, 2.05) is 42.5 Å². The molecule has 3 nitrogen and oxygen atoms in total. The lowest BCUT2D eigenvalue weighted by atomic mass is 9.95. The minimum atomic E-state index is -0.831. The summed E-state index contributed by atoms with van der Waals surface area (Å²) in [6.07, 6.45) is 5.53. The van der Waals surface area contributed by atoms with Gasteiger partial charge in [0.05, 0.1) is 12.5 Å². The van der Waals surface area contributed by atoms with Gasteiger partial charge >= 0.3 is 5.97 Å². The summed E-state index contributed by atoms with van der Waals surface area (Å²) in [6, 6.07) is 18.5. The van der Waals surface area contributed by atoms with Crippen molar-refractivity contribution in [3.63, 3.8) is 0 Å². The number of rotatable bonds is 5. The second-order valence-electron chi connectivity index (χ2n) is 5.74. The smallest absolute Gasteiger partial charge is 0.307 e. The fraction of sp³-hybridized carbons (Fsp3) is 0.200. The normalized spacial score (nSPS) is 16.3. The highest BCUT2D eigenvalue weighted by Gasteiger charge is 2.16. The summed E-state index contributed by atoms with van der Waals surface area (Å²) in [5, 5.41) is 9.02. The molecule has 0 radical (unpaired) electrons. The molecule has 2 aromatic rings. The summed E-state index contributed by atoms with van der Waals surface area (Å²) in [4.78, 5) is 15.6. The molecular weight excluding hydrogens is 286 g/mol. The molecule has 3 heteroatoms. The zero-order chi connectivity index (χ0) is 16.1. The van der Waals surface area contributed by atoms with Crippen LogP contribution in [-0.2, 0) is 11.2 Å². The van der Waals surface area contributed by atoms with E-state index < -0.39 is 5.97 Å². The minimum absolute atomic E-state index is 0.00321. The first-order chi connectivity index (χ1) is 11.2. The molecule has 0 bridgehead atoms. The van der Waals surface area contributed by atoms with E-state index in [4.69, 9.17) is 5.11 Å². The van der Waals surface area contributed by atoms with Gasteiger partial charge in [-0.05, 0) is 41.2 Å². The van der Waals surface area contributed by atoms with Crippen LogP contribution in [0.2, 0.25) is 0 Å². The summed E-state index contributed by atoms with van der Waals surface area (Å²) in [6.45, 7) is 0. The molecule has 2 aromatic carbocycles. The molecule has 0 amide bonds. The maximum absolute atomic E-state index is 11.0. The molecule has 0 fully saturated rings. The van der Waals surface area contributed by atoms with Crippen molar-refractivity contribution < 1.29 is 9.90 Å². The van der Waals surface area contributed by atoms with Crippen LogP contribution in [0.15, 0.2) is 65.2 Å². The summed E-state index contributed by atoms with van der Waals surface area (Å²) in [5.74, 6) is -0.831. The van der Waals surface area contributed by atoms with Crippen molar-refractivity contribution in [1.82, 2.24) is 0 Å². The molecule has 3 rings (SSSR count). The number of aliphatic carboxylic acids is 1. The third-order valence-electron chi connectivity index (χ3n) is 4.02. The molecule has 0 aliphatic carbocycles. The summed E-state index contributed by atoms with van der Waals surface area (Å²) in [5.41, 5.74) is 4.27. The predicted molar refractivity (Wildman–Crippen MR) is 92.7 cm³/mol. The lowest BCUT2D eigenvalue weighted by Crippen LogP contribution is -2.00. The Kier molecular flexibility index (Phi) is 4.67. The number of hydrogen-bond donors (Lipinski definition) is 1. The van der Waals surface area contributed by atoms with E-state index in [0.717, 1.165) is 24.0 Å². The van der Waals surface area contributed by atoms with Gasteiger partial charge < -0.3 is 5.11 Å². The number of carbonyl (C=O) groups is 1. The van der Waals surface area contributed by atoms with Crippen molar-refractivity contribution in [3.8, 4) is 0 Å². The van der Waals surface area contributed by atoms with Gasteiger partial charge in [0.15, 0.2) is 0 Å². The van der Waals surface area contributed by atoms with E-state index in [1.54, 1.807) is 6.21 Å². The molecule has 0 saturated heterocycles. The van der Waals surface area contributed by atoms with E-state index in [-0.39, 0.29) is 12.5 Å². The van der Waals surface area contributed by atoms with Crippen molar-refractivity contribution in [3.05, 3.63) is 76.9 Å². The monoisotopic (exact) mass is 305 g/mol. The van der Waals surface area contributed by atoms with Crippen LogP contribution in [0.5, 0.6) is 0 Å². The summed E-state index contributed by atoms with van der Waals surface area (Å²) in [7, 11) is 0. The second-order valence-corrected chi connectivity index (χ2v) is 5.74. The Morgan fingerprint density at radius 1 is 1.04 bits per heavy atom. The van der Waals surface area contributed by atoms with Gasteiger partial charge in [-0.3, -0.25) is 9.79 Å². The zero-order valence-electron chi connectivity index (χ0n) is 12.9. The van der Waals surface area contributed by atoms with E-state index >= 15 is 0 Å². The molecule has 1 atom stereocenters. The van der Waals surface area contributed by atoms with Crippen LogP contribution >= 0.6 is 0 Å². The quantitative estimate of drug-likeness (QED) is 0.895. The number of aryl methyl sites for hydroxylation is 1. The minimum Gasteiger partial charge on any atom is -0.481 e. The molecule has 1 heterocycles.